The molecule has 1 fully saturated rings. The zero-order valence-electron chi connectivity index (χ0n) is 10.8. The number of benzene rings is 1. The average Bonchev–Trinajstić information content (AvgIpc) is 2.63. The molecular formula is C14H20N2O. The Kier molecular flexibility index (Phi) is 2.86. The minimum absolute atomic E-state index is 0.0850. The number of carbonyl (C=O) groups excluding carboxylic acids is 1. The van der Waals surface area contributed by atoms with Gasteiger partial charge in [0.2, 0.25) is 5.91 Å². The number of nitrogen functional groups attached to an aromatic ring is 1. The van der Waals surface area contributed by atoms with Crippen molar-refractivity contribution < 1.29 is 4.79 Å². The molecule has 0 bridgehead atoms. The highest BCUT2D eigenvalue weighted by molar-refractivity contribution is 5.98. The third-order valence-corrected chi connectivity index (χ3v) is 3.26. The van der Waals surface area contributed by atoms with Crippen LogP contribution in [0.3, 0.4) is 0 Å². The minimum atomic E-state index is 0.0850. The zero-order valence-corrected chi connectivity index (χ0v) is 10.8. The molecule has 1 heterocycles. The number of hydrogen-bond donors (Lipinski definition) is 1. The maximum absolute atomic E-state index is 11.7. The molecule has 3 heteroatoms. The predicted molar refractivity (Wildman–Crippen MR) is 71.1 cm³/mol. The zero-order chi connectivity index (χ0) is 12.6. The lowest BCUT2D eigenvalue weighted by atomic mass is 9.86. The second-order valence-electron chi connectivity index (χ2n) is 5.67. The lowest BCUT2D eigenvalue weighted by Gasteiger charge is -2.23. The number of anilines is 2. The van der Waals surface area contributed by atoms with Crippen LogP contribution in [0, 0.1) is 0 Å². The number of amides is 1. The van der Waals surface area contributed by atoms with Crippen LogP contribution < -0.4 is 10.6 Å². The Hall–Kier alpha value is -1.51. The number of nitrogens with two attached hydrogens (primary N) is 1. The Labute approximate surface area is 103 Å². The second kappa shape index (κ2) is 4.06. The van der Waals surface area contributed by atoms with E-state index in [1.54, 1.807) is 4.90 Å². The molecule has 2 N–H and O–H groups in total. The molecule has 1 aromatic rings. The summed E-state index contributed by atoms with van der Waals surface area (Å²) in [5.74, 6) is 0.181. The third kappa shape index (κ3) is 2.28. The molecule has 1 aromatic carbocycles. The first-order valence-corrected chi connectivity index (χ1v) is 6.10. The van der Waals surface area contributed by atoms with E-state index in [0.29, 0.717) is 12.1 Å². The van der Waals surface area contributed by atoms with Crippen LogP contribution in [-0.4, -0.2) is 12.5 Å². The van der Waals surface area contributed by atoms with Gasteiger partial charge in [-0.2, -0.15) is 0 Å². The first-order valence-electron chi connectivity index (χ1n) is 6.10. The summed E-state index contributed by atoms with van der Waals surface area (Å²) in [6.45, 7) is 7.26. The standard InChI is InChI=1S/C14H20N2O/c1-14(2,3)10-6-7-12(11(15)9-10)16-8-4-5-13(16)17/h6-7,9H,4-5,8,15H2,1-3H3. The molecule has 17 heavy (non-hydrogen) atoms. The van der Waals surface area contributed by atoms with Gasteiger partial charge >= 0.3 is 0 Å². The number of hydrogen-bond acceptors (Lipinski definition) is 2. The smallest absolute Gasteiger partial charge is 0.227 e. The highest BCUT2D eigenvalue weighted by atomic mass is 16.2. The van der Waals surface area contributed by atoms with Crippen molar-refractivity contribution in [3.63, 3.8) is 0 Å². The molecule has 0 saturated carbocycles. The fourth-order valence-electron chi connectivity index (χ4n) is 2.17. The quantitative estimate of drug-likeness (QED) is 0.757. The van der Waals surface area contributed by atoms with E-state index in [1.807, 2.05) is 12.1 Å². The molecule has 0 unspecified atom stereocenters. The highest BCUT2D eigenvalue weighted by Gasteiger charge is 2.24. The monoisotopic (exact) mass is 232 g/mol. The van der Waals surface area contributed by atoms with Gasteiger partial charge in [0, 0.05) is 13.0 Å². The van der Waals surface area contributed by atoms with Gasteiger partial charge in [-0.05, 0) is 29.5 Å². The van der Waals surface area contributed by atoms with Crippen molar-refractivity contribution in [1.82, 2.24) is 0 Å². The van der Waals surface area contributed by atoms with E-state index in [-0.39, 0.29) is 11.3 Å². The van der Waals surface area contributed by atoms with E-state index in [2.05, 4.69) is 26.8 Å². The maximum Gasteiger partial charge on any atom is 0.227 e. The molecule has 0 spiro atoms. The van der Waals surface area contributed by atoms with Crippen molar-refractivity contribution in [2.24, 2.45) is 0 Å². The molecular weight excluding hydrogens is 212 g/mol. The van der Waals surface area contributed by atoms with Crippen molar-refractivity contribution in [1.29, 1.82) is 0 Å². The Morgan fingerprint density at radius 3 is 2.47 bits per heavy atom. The summed E-state index contributed by atoms with van der Waals surface area (Å²) in [6, 6.07) is 6.03. The number of nitrogens with zero attached hydrogens (tertiary/aromatic N) is 1. The largest absolute Gasteiger partial charge is 0.397 e. The van der Waals surface area contributed by atoms with Gasteiger partial charge in [0.05, 0.1) is 11.4 Å². The predicted octanol–water partition coefficient (Wildman–Crippen LogP) is 2.69. The van der Waals surface area contributed by atoms with Gasteiger partial charge in [0.15, 0.2) is 0 Å². The van der Waals surface area contributed by atoms with Crippen LogP contribution in [0.15, 0.2) is 18.2 Å². The van der Waals surface area contributed by atoms with Gasteiger partial charge in [-0.1, -0.05) is 26.8 Å². The first kappa shape index (κ1) is 12.0. The molecule has 1 amide bonds. The van der Waals surface area contributed by atoms with E-state index in [1.165, 1.54) is 5.56 Å². The summed E-state index contributed by atoms with van der Waals surface area (Å²) in [7, 11) is 0. The van der Waals surface area contributed by atoms with E-state index in [9.17, 15) is 4.79 Å². The van der Waals surface area contributed by atoms with Gasteiger partial charge in [-0.3, -0.25) is 4.79 Å². The first-order chi connectivity index (χ1) is 7.89. The van der Waals surface area contributed by atoms with Crippen molar-refractivity contribution in [2.75, 3.05) is 17.2 Å². The summed E-state index contributed by atoms with van der Waals surface area (Å²) in [5, 5.41) is 0. The molecule has 0 aromatic heterocycles. The van der Waals surface area contributed by atoms with Crippen molar-refractivity contribution in [3.8, 4) is 0 Å². The Morgan fingerprint density at radius 1 is 1.29 bits per heavy atom. The highest BCUT2D eigenvalue weighted by Crippen LogP contribution is 2.32. The van der Waals surface area contributed by atoms with Crippen LogP contribution in [0.5, 0.6) is 0 Å². The molecule has 0 atom stereocenters. The van der Waals surface area contributed by atoms with Gasteiger partial charge in [-0.15, -0.1) is 0 Å². The maximum atomic E-state index is 11.7. The molecule has 2 rings (SSSR count). The average molecular weight is 232 g/mol. The van der Waals surface area contributed by atoms with Crippen LogP contribution in [0.2, 0.25) is 0 Å². The van der Waals surface area contributed by atoms with E-state index < -0.39 is 0 Å². The van der Waals surface area contributed by atoms with E-state index >= 15 is 0 Å². The Morgan fingerprint density at radius 2 is 2.00 bits per heavy atom. The molecule has 1 saturated heterocycles. The molecule has 1 aliphatic heterocycles. The summed E-state index contributed by atoms with van der Waals surface area (Å²) in [6.07, 6.45) is 1.57. The summed E-state index contributed by atoms with van der Waals surface area (Å²) < 4.78 is 0. The lowest BCUT2D eigenvalue weighted by Crippen LogP contribution is -2.25. The van der Waals surface area contributed by atoms with Crippen LogP contribution in [-0.2, 0) is 10.2 Å². The minimum Gasteiger partial charge on any atom is -0.397 e. The van der Waals surface area contributed by atoms with Gasteiger partial charge in [0.1, 0.15) is 0 Å². The molecule has 1 aliphatic rings. The van der Waals surface area contributed by atoms with Crippen LogP contribution in [0.25, 0.3) is 0 Å². The third-order valence-electron chi connectivity index (χ3n) is 3.26. The van der Waals surface area contributed by atoms with Crippen molar-refractivity contribution in [3.05, 3.63) is 23.8 Å². The Bertz CT molecular complexity index is 446. The van der Waals surface area contributed by atoms with Crippen LogP contribution >= 0.6 is 0 Å². The fraction of sp³-hybridized carbons (Fsp3) is 0.500. The second-order valence-corrected chi connectivity index (χ2v) is 5.67. The van der Waals surface area contributed by atoms with Crippen molar-refractivity contribution in [2.45, 2.75) is 39.0 Å². The normalized spacial score (nSPS) is 16.6. The molecule has 0 aliphatic carbocycles. The number of rotatable bonds is 1. The number of carbonyl (C=O) groups is 1. The molecule has 3 nitrogen and oxygen atoms in total. The lowest BCUT2D eigenvalue weighted by molar-refractivity contribution is -0.117. The molecule has 0 radical (unpaired) electrons. The summed E-state index contributed by atoms with van der Waals surface area (Å²) in [5.41, 5.74) is 8.91. The molecule has 92 valence electrons. The fourth-order valence-corrected chi connectivity index (χ4v) is 2.17. The summed E-state index contributed by atoms with van der Waals surface area (Å²) >= 11 is 0. The Balaban J connectivity index is 2.35. The van der Waals surface area contributed by atoms with Gasteiger partial charge in [0.25, 0.3) is 0 Å². The van der Waals surface area contributed by atoms with Crippen LogP contribution in [0.1, 0.15) is 39.2 Å². The summed E-state index contributed by atoms with van der Waals surface area (Å²) in [4.78, 5) is 13.5. The topological polar surface area (TPSA) is 46.3 Å². The van der Waals surface area contributed by atoms with E-state index in [0.717, 1.165) is 18.7 Å². The SMILES string of the molecule is CC(C)(C)c1ccc(N2CCCC2=O)c(N)c1. The van der Waals surface area contributed by atoms with E-state index in [4.69, 9.17) is 5.73 Å². The van der Waals surface area contributed by atoms with Crippen molar-refractivity contribution >= 4 is 17.3 Å². The van der Waals surface area contributed by atoms with Gasteiger partial charge in [-0.25, -0.2) is 0 Å². The van der Waals surface area contributed by atoms with Gasteiger partial charge < -0.3 is 10.6 Å². The van der Waals surface area contributed by atoms with Crippen LogP contribution in [0.4, 0.5) is 11.4 Å².